The van der Waals surface area contributed by atoms with E-state index in [9.17, 15) is 9.18 Å². The highest BCUT2D eigenvalue weighted by molar-refractivity contribution is 8.13. The summed E-state index contributed by atoms with van der Waals surface area (Å²) in [5.41, 5.74) is 8.37. The SMILES string of the molecule is Cc1cc(C(=O)Nc2ccc(F)c(C3(C)CCSC(N)=N3)c2)c(C)[nH]1. The van der Waals surface area contributed by atoms with Crippen molar-refractivity contribution in [3.63, 3.8) is 0 Å². The minimum Gasteiger partial charge on any atom is -0.379 e. The highest BCUT2D eigenvalue weighted by atomic mass is 32.2. The topological polar surface area (TPSA) is 83.3 Å². The van der Waals surface area contributed by atoms with Crippen LogP contribution < -0.4 is 11.1 Å². The van der Waals surface area contributed by atoms with Crippen molar-refractivity contribution in [2.24, 2.45) is 10.7 Å². The van der Waals surface area contributed by atoms with E-state index < -0.39 is 5.54 Å². The van der Waals surface area contributed by atoms with Gasteiger partial charge < -0.3 is 16.0 Å². The summed E-state index contributed by atoms with van der Waals surface area (Å²) in [6.07, 6.45) is 0.683. The average molecular weight is 360 g/mol. The van der Waals surface area contributed by atoms with Gasteiger partial charge in [-0.3, -0.25) is 9.79 Å². The van der Waals surface area contributed by atoms with Crippen LogP contribution in [0.1, 0.15) is 40.7 Å². The Morgan fingerprint density at radius 2 is 2.16 bits per heavy atom. The predicted molar refractivity (Wildman–Crippen MR) is 101 cm³/mol. The first-order valence-electron chi connectivity index (χ1n) is 8.04. The summed E-state index contributed by atoms with van der Waals surface area (Å²) in [5.74, 6) is 0.202. The lowest BCUT2D eigenvalue weighted by atomic mass is 9.89. The molecule has 132 valence electrons. The van der Waals surface area contributed by atoms with Gasteiger partial charge in [0, 0.05) is 28.4 Å². The number of amides is 1. The van der Waals surface area contributed by atoms with Crippen LogP contribution in [0, 0.1) is 19.7 Å². The molecule has 0 radical (unpaired) electrons. The van der Waals surface area contributed by atoms with Crippen LogP contribution in [0.4, 0.5) is 10.1 Å². The van der Waals surface area contributed by atoms with Crippen LogP contribution in [0.5, 0.6) is 0 Å². The number of rotatable bonds is 3. The molecule has 1 aliphatic heterocycles. The van der Waals surface area contributed by atoms with Gasteiger partial charge in [0.25, 0.3) is 5.91 Å². The third kappa shape index (κ3) is 3.56. The molecule has 0 bridgehead atoms. The fourth-order valence-corrected chi connectivity index (χ4v) is 4.03. The van der Waals surface area contributed by atoms with E-state index in [0.29, 0.717) is 28.4 Å². The number of aromatic nitrogens is 1. The van der Waals surface area contributed by atoms with Gasteiger partial charge in [0.15, 0.2) is 5.17 Å². The second-order valence-electron chi connectivity index (χ2n) is 6.46. The number of nitrogens with one attached hydrogen (secondary N) is 2. The number of nitrogens with two attached hydrogens (primary N) is 1. The predicted octanol–water partition coefficient (Wildman–Crippen LogP) is 3.69. The fourth-order valence-electron chi connectivity index (χ4n) is 3.05. The summed E-state index contributed by atoms with van der Waals surface area (Å²) in [6.45, 7) is 5.60. The number of hydrogen-bond acceptors (Lipinski definition) is 4. The van der Waals surface area contributed by atoms with Gasteiger partial charge in [-0.15, -0.1) is 0 Å². The zero-order chi connectivity index (χ0) is 18.2. The number of H-pyrrole nitrogens is 1. The highest BCUT2D eigenvalue weighted by Crippen LogP contribution is 2.37. The minimum absolute atomic E-state index is 0.230. The Bertz CT molecular complexity index is 861. The van der Waals surface area contributed by atoms with Crippen molar-refractivity contribution in [1.82, 2.24) is 4.98 Å². The molecule has 0 spiro atoms. The molecular weight excluding hydrogens is 339 g/mol. The maximum Gasteiger partial charge on any atom is 0.257 e. The Kier molecular flexibility index (Phi) is 4.60. The van der Waals surface area contributed by atoms with Crippen molar-refractivity contribution < 1.29 is 9.18 Å². The van der Waals surface area contributed by atoms with Crippen molar-refractivity contribution in [2.45, 2.75) is 32.7 Å². The lowest BCUT2D eigenvalue weighted by Crippen LogP contribution is -2.29. The number of amidine groups is 1. The first kappa shape index (κ1) is 17.5. The van der Waals surface area contributed by atoms with Crippen molar-refractivity contribution in [3.8, 4) is 0 Å². The smallest absolute Gasteiger partial charge is 0.257 e. The molecule has 1 aliphatic rings. The van der Waals surface area contributed by atoms with E-state index in [1.165, 1.54) is 17.8 Å². The third-order valence-corrected chi connectivity index (χ3v) is 5.19. The van der Waals surface area contributed by atoms with Gasteiger partial charge >= 0.3 is 0 Å². The van der Waals surface area contributed by atoms with Gasteiger partial charge in [-0.05, 0) is 51.5 Å². The van der Waals surface area contributed by atoms with Gasteiger partial charge in [0.2, 0.25) is 0 Å². The number of carbonyl (C=O) groups is 1. The van der Waals surface area contributed by atoms with Crippen LogP contribution in [0.3, 0.4) is 0 Å². The molecule has 3 rings (SSSR count). The number of hydrogen-bond donors (Lipinski definition) is 3. The second-order valence-corrected chi connectivity index (χ2v) is 7.58. The summed E-state index contributed by atoms with van der Waals surface area (Å²) < 4.78 is 14.4. The summed E-state index contributed by atoms with van der Waals surface area (Å²) in [7, 11) is 0. The molecule has 25 heavy (non-hydrogen) atoms. The number of aryl methyl sites for hydroxylation is 2. The minimum atomic E-state index is -0.721. The fraction of sp³-hybridized carbons (Fsp3) is 0.333. The second kappa shape index (κ2) is 6.55. The summed E-state index contributed by atoms with van der Waals surface area (Å²) in [6, 6.07) is 6.35. The lowest BCUT2D eigenvalue weighted by molar-refractivity contribution is 0.102. The Hall–Kier alpha value is -2.28. The van der Waals surface area contributed by atoms with Crippen molar-refractivity contribution in [2.75, 3.05) is 11.1 Å². The largest absolute Gasteiger partial charge is 0.379 e. The molecule has 2 heterocycles. The van der Waals surface area contributed by atoms with Crippen molar-refractivity contribution >= 4 is 28.5 Å². The highest BCUT2D eigenvalue weighted by Gasteiger charge is 2.32. The van der Waals surface area contributed by atoms with Crippen molar-refractivity contribution in [1.29, 1.82) is 0 Å². The van der Waals surface area contributed by atoms with E-state index in [0.717, 1.165) is 17.1 Å². The first-order chi connectivity index (χ1) is 11.8. The third-order valence-electron chi connectivity index (χ3n) is 4.39. The number of aromatic amines is 1. The molecule has 1 atom stereocenters. The summed E-state index contributed by atoms with van der Waals surface area (Å²) in [5, 5.41) is 3.30. The van der Waals surface area contributed by atoms with E-state index >= 15 is 0 Å². The van der Waals surface area contributed by atoms with Gasteiger partial charge in [0.1, 0.15) is 5.82 Å². The van der Waals surface area contributed by atoms with E-state index in [2.05, 4.69) is 15.3 Å². The van der Waals surface area contributed by atoms with Crippen LogP contribution in [0.15, 0.2) is 29.3 Å². The number of aliphatic imine (C=N–C) groups is 1. The molecule has 0 fully saturated rings. The monoisotopic (exact) mass is 360 g/mol. The van der Waals surface area contributed by atoms with Crippen LogP contribution in [-0.4, -0.2) is 21.8 Å². The van der Waals surface area contributed by atoms with E-state index in [1.54, 1.807) is 18.2 Å². The zero-order valence-corrected chi connectivity index (χ0v) is 15.3. The van der Waals surface area contributed by atoms with Gasteiger partial charge in [0.05, 0.1) is 11.1 Å². The lowest BCUT2D eigenvalue weighted by Gasteiger charge is -2.30. The van der Waals surface area contributed by atoms with E-state index in [-0.39, 0.29) is 11.7 Å². The molecule has 2 aromatic rings. The van der Waals surface area contributed by atoms with E-state index in [1.807, 2.05) is 20.8 Å². The quantitative estimate of drug-likeness (QED) is 0.780. The van der Waals surface area contributed by atoms with Crippen molar-refractivity contribution in [3.05, 3.63) is 52.6 Å². The number of anilines is 1. The maximum atomic E-state index is 14.4. The number of nitrogens with zero attached hydrogens (tertiary/aromatic N) is 1. The van der Waals surface area contributed by atoms with Gasteiger partial charge in [-0.25, -0.2) is 4.39 Å². The van der Waals surface area contributed by atoms with Crippen LogP contribution in [-0.2, 0) is 5.54 Å². The van der Waals surface area contributed by atoms with Crippen LogP contribution in [0.25, 0.3) is 0 Å². The molecule has 7 heteroatoms. The standard InChI is InChI=1S/C18H21FN4OS/c1-10-8-13(11(2)21-10)16(24)22-12-4-5-15(19)14(9-12)18(3)6-7-25-17(20)23-18/h4-5,8-9,21H,6-7H2,1-3H3,(H2,20,23)(H,22,24). The Balaban J connectivity index is 1.91. The van der Waals surface area contributed by atoms with Crippen LogP contribution in [0.2, 0.25) is 0 Å². The molecule has 1 amide bonds. The molecule has 1 aromatic carbocycles. The normalized spacial score (nSPS) is 20.2. The maximum absolute atomic E-state index is 14.4. The number of thioether (sulfide) groups is 1. The molecular formula is C18H21FN4OS. The number of halogens is 1. The van der Waals surface area contributed by atoms with Crippen LogP contribution >= 0.6 is 11.8 Å². The molecule has 1 unspecified atom stereocenters. The Labute approximate surface area is 150 Å². The first-order valence-corrected chi connectivity index (χ1v) is 9.03. The summed E-state index contributed by atoms with van der Waals surface area (Å²) in [4.78, 5) is 20.0. The molecule has 0 saturated carbocycles. The van der Waals surface area contributed by atoms with E-state index in [4.69, 9.17) is 5.73 Å². The number of carbonyl (C=O) groups excluding carboxylic acids is 1. The number of benzene rings is 1. The average Bonchev–Trinajstić information content (AvgIpc) is 2.87. The van der Waals surface area contributed by atoms with Gasteiger partial charge in [-0.1, -0.05) is 11.8 Å². The molecule has 1 aromatic heterocycles. The molecule has 0 aliphatic carbocycles. The molecule has 5 nitrogen and oxygen atoms in total. The zero-order valence-electron chi connectivity index (χ0n) is 14.4. The van der Waals surface area contributed by atoms with Gasteiger partial charge in [-0.2, -0.15) is 0 Å². The molecule has 4 N–H and O–H groups in total. The Morgan fingerprint density at radius 1 is 1.40 bits per heavy atom. The molecule has 0 saturated heterocycles. The summed E-state index contributed by atoms with van der Waals surface area (Å²) >= 11 is 1.47. The Morgan fingerprint density at radius 3 is 2.80 bits per heavy atom.